The van der Waals surface area contributed by atoms with Gasteiger partial charge in [0, 0.05) is 26.9 Å². The molecule has 0 heterocycles. The summed E-state index contributed by atoms with van der Waals surface area (Å²) in [4.78, 5) is 13.4. The lowest BCUT2D eigenvalue weighted by Crippen LogP contribution is -2.03. The van der Waals surface area contributed by atoms with E-state index in [1.165, 1.54) is 4.90 Å². The summed E-state index contributed by atoms with van der Waals surface area (Å²) in [6, 6.07) is 12.9. The number of hydrogen-bond acceptors (Lipinski definition) is 2. The fraction of sp³-hybridized carbons (Fsp3) is 0.188. The molecule has 0 aliphatic rings. The largest absolute Gasteiger partial charge is 0.294 e. The van der Waals surface area contributed by atoms with E-state index in [9.17, 15) is 4.79 Å². The van der Waals surface area contributed by atoms with Gasteiger partial charge in [-0.15, -0.1) is 11.8 Å². The van der Waals surface area contributed by atoms with E-state index in [1.807, 2.05) is 24.3 Å². The van der Waals surface area contributed by atoms with Crippen molar-refractivity contribution in [1.82, 2.24) is 0 Å². The average molecular weight is 325 g/mol. The highest BCUT2D eigenvalue weighted by Gasteiger charge is 2.10. The quantitative estimate of drug-likeness (QED) is 0.531. The molecule has 0 bridgehead atoms. The molecule has 0 aliphatic carbocycles. The standard InChI is InChI=1S/C16H14Cl2OS/c1-2-20-14-7-4-11(5-8-14)16(19)9-12-3-6-13(17)10-15(12)18/h3-8,10H,2,9H2,1H3. The molecule has 0 saturated carbocycles. The van der Waals surface area contributed by atoms with E-state index in [2.05, 4.69) is 6.92 Å². The highest BCUT2D eigenvalue weighted by Crippen LogP contribution is 2.23. The molecule has 2 aromatic carbocycles. The third kappa shape index (κ3) is 4.02. The molecule has 0 N–H and O–H groups in total. The monoisotopic (exact) mass is 324 g/mol. The molecular weight excluding hydrogens is 311 g/mol. The Labute approximate surface area is 133 Å². The maximum absolute atomic E-state index is 12.2. The minimum atomic E-state index is 0.0577. The maximum Gasteiger partial charge on any atom is 0.167 e. The van der Waals surface area contributed by atoms with Crippen LogP contribution in [0.1, 0.15) is 22.8 Å². The molecule has 20 heavy (non-hydrogen) atoms. The highest BCUT2D eigenvalue weighted by atomic mass is 35.5. The van der Waals surface area contributed by atoms with Crippen LogP contribution in [0.25, 0.3) is 0 Å². The van der Waals surface area contributed by atoms with Crippen molar-refractivity contribution in [3.05, 3.63) is 63.6 Å². The summed E-state index contributed by atoms with van der Waals surface area (Å²) < 4.78 is 0. The van der Waals surface area contributed by atoms with Crippen molar-refractivity contribution in [3.63, 3.8) is 0 Å². The molecule has 104 valence electrons. The SMILES string of the molecule is CCSc1ccc(C(=O)Cc2ccc(Cl)cc2Cl)cc1. The lowest BCUT2D eigenvalue weighted by atomic mass is 10.0. The van der Waals surface area contributed by atoms with Gasteiger partial charge in [0.25, 0.3) is 0 Å². The third-order valence-electron chi connectivity index (χ3n) is 2.85. The molecule has 2 aromatic rings. The number of hydrogen-bond donors (Lipinski definition) is 0. The molecule has 0 atom stereocenters. The second-order valence-corrected chi connectivity index (χ2v) is 6.47. The lowest BCUT2D eigenvalue weighted by Gasteiger charge is -2.05. The Morgan fingerprint density at radius 2 is 1.80 bits per heavy atom. The van der Waals surface area contributed by atoms with Gasteiger partial charge >= 0.3 is 0 Å². The molecule has 0 saturated heterocycles. The molecule has 0 spiro atoms. The number of carbonyl (C=O) groups excluding carboxylic acids is 1. The number of carbonyl (C=O) groups is 1. The summed E-state index contributed by atoms with van der Waals surface area (Å²) in [6.07, 6.45) is 0.288. The number of halogens is 2. The van der Waals surface area contributed by atoms with Crippen molar-refractivity contribution in [1.29, 1.82) is 0 Å². The van der Waals surface area contributed by atoms with Crippen molar-refractivity contribution < 1.29 is 4.79 Å². The zero-order valence-electron chi connectivity index (χ0n) is 11.0. The van der Waals surface area contributed by atoms with Crippen molar-refractivity contribution in [2.45, 2.75) is 18.2 Å². The van der Waals surface area contributed by atoms with Crippen LogP contribution in [-0.4, -0.2) is 11.5 Å². The summed E-state index contributed by atoms with van der Waals surface area (Å²) in [5.41, 5.74) is 1.50. The Morgan fingerprint density at radius 1 is 1.10 bits per heavy atom. The summed E-state index contributed by atoms with van der Waals surface area (Å²) in [6.45, 7) is 2.10. The Balaban J connectivity index is 2.11. The van der Waals surface area contributed by atoms with Crippen molar-refractivity contribution in [2.24, 2.45) is 0 Å². The van der Waals surface area contributed by atoms with Gasteiger partial charge < -0.3 is 0 Å². The summed E-state index contributed by atoms with van der Waals surface area (Å²) >= 11 is 13.7. The molecule has 4 heteroatoms. The first kappa shape index (κ1) is 15.4. The van der Waals surface area contributed by atoms with Crippen molar-refractivity contribution in [3.8, 4) is 0 Å². The first-order chi connectivity index (χ1) is 9.60. The van der Waals surface area contributed by atoms with Gasteiger partial charge in [0.05, 0.1) is 0 Å². The molecule has 0 aliphatic heterocycles. The van der Waals surface area contributed by atoms with Gasteiger partial charge in [0.2, 0.25) is 0 Å². The molecule has 0 fully saturated rings. The number of Topliss-reactive ketones (excluding diaryl/α,β-unsaturated/α-hetero) is 1. The molecule has 0 aromatic heterocycles. The fourth-order valence-corrected chi connectivity index (χ4v) is 2.98. The molecule has 0 amide bonds. The topological polar surface area (TPSA) is 17.1 Å². The van der Waals surface area contributed by atoms with Gasteiger partial charge in [-0.2, -0.15) is 0 Å². The molecule has 2 rings (SSSR count). The van der Waals surface area contributed by atoms with E-state index in [4.69, 9.17) is 23.2 Å². The third-order valence-corrected chi connectivity index (χ3v) is 4.33. The van der Waals surface area contributed by atoms with Gasteiger partial charge in [-0.3, -0.25) is 4.79 Å². The Morgan fingerprint density at radius 3 is 2.40 bits per heavy atom. The second-order valence-electron chi connectivity index (χ2n) is 4.29. The van der Waals surface area contributed by atoms with Gasteiger partial charge in [0.15, 0.2) is 5.78 Å². The number of benzene rings is 2. The van der Waals surface area contributed by atoms with E-state index in [-0.39, 0.29) is 12.2 Å². The zero-order chi connectivity index (χ0) is 14.5. The van der Waals surface area contributed by atoms with Crippen LogP contribution in [0.3, 0.4) is 0 Å². The van der Waals surface area contributed by atoms with Crippen LogP contribution in [0.5, 0.6) is 0 Å². The fourth-order valence-electron chi connectivity index (χ4n) is 1.84. The number of ketones is 1. The molecule has 1 nitrogen and oxygen atoms in total. The van der Waals surface area contributed by atoms with Crippen LogP contribution in [0, 0.1) is 0 Å². The lowest BCUT2D eigenvalue weighted by molar-refractivity contribution is 0.0993. The highest BCUT2D eigenvalue weighted by molar-refractivity contribution is 7.99. The summed E-state index contributed by atoms with van der Waals surface area (Å²) in [5, 5.41) is 1.11. The van der Waals surface area contributed by atoms with Crippen LogP contribution >= 0.6 is 35.0 Å². The zero-order valence-corrected chi connectivity index (χ0v) is 13.4. The predicted octanol–water partition coefficient (Wildman–Crippen LogP) is 5.53. The Bertz CT molecular complexity index is 608. The van der Waals surface area contributed by atoms with Gasteiger partial charge in [0.1, 0.15) is 0 Å². The minimum Gasteiger partial charge on any atom is -0.294 e. The van der Waals surface area contributed by atoms with E-state index < -0.39 is 0 Å². The van der Waals surface area contributed by atoms with Crippen LogP contribution in [0.4, 0.5) is 0 Å². The maximum atomic E-state index is 12.2. The van der Waals surface area contributed by atoms with Gasteiger partial charge in [-0.1, -0.05) is 48.3 Å². The van der Waals surface area contributed by atoms with Crippen LogP contribution in [0.15, 0.2) is 47.4 Å². The van der Waals surface area contributed by atoms with Crippen LogP contribution < -0.4 is 0 Å². The number of thioether (sulfide) groups is 1. The number of rotatable bonds is 5. The second kappa shape index (κ2) is 7.16. The van der Waals surface area contributed by atoms with Crippen LogP contribution in [-0.2, 0) is 6.42 Å². The molecule has 0 radical (unpaired) electrons. The van der Waals surface area contributed by atoms with E-state index >= 15 is 0 Å². The normalized spacial score (nSPS) is 10.6. The smallest absolute Gasteiger partial charge is 0.167 e. The van der Waals surface area contributed by atoms with Crippen molar-refractivity contribution >= 4 is 40.7 Å². The van der Waals surface area contributed by atoms with Crippen LogP contribution in [0.2, 0.25) is 10.0 Å². The Hall–Kier alpha value is -0.960. The minimum absolute atomic E-state index is 0.0577. The average Bonchev–Trinajstić information content (AvgIpc) is 2.43. The van der Waals surface area contributed by atoms with Gasteiger partial charge in [-0.25, -0.2) is 0 Å². The van der Waals surface area contributed by atoms with Crippen molar-refractivity contribution in [2.75, 3.05) is 5.75 Å². The molecule has 0 unspecified atom stereocenters. The summed E-state index contributed by atoms with van der Waals surface area (Å²) in [5.74, 6) is 1.08. The first-order valence-electron chi connectivity index (χ1n) is 6.30. The molecular formula is C16H14Cl2OS. The Kier molecular flexibility index (Phi) is 5.53. The first-order valence-corrected chi connectivity index (χ1v) is 8.04. The van der Waals surface area contributed by atoms with E-state index in [1.54, 1.807) is 30.0 Å². The van der Waals surface area contributed by atoms with E-state index in [0.29, 0.717) is 15.6 Å². The predicted molar refractivity (Wildman–Crippen MR) is 87.3 cm³/mol. The summed E-state index contributed by atoms with van der Waals surface area (Å²) in [7, 11) is 0. The van der Waals surface area contributed by atoms with Gasteiger partial charge in [-0.05, 0) is 35.6 Å². The van der Waals surface area contributed by atoms with E-state index in [0.717, 1.165) is 11.3 Å².